The number of phenolic OH excluding ortho intramolecular Hbond substituents is 1. The predicted octanol–water partition coefficient (Wildman–Crippen LogP) is 2.14. The third-order valence-electron chi connectivity index (χ3n) is 3.46. The Morgan fingerprint density at radius 2 is 2.11 bits per heavy atom. The molecule has 4 heteroatoms. The zero-order chi connectivity index (χ0) is 13.4. The van der Waals surface area contributed by atoms with Crippen molar-refractivity contribution < 1.29 is 5.11 Å². The van der Waals surface area contributed by atoms with E-state index in [1.54, 1.807) is 18.3 Å². The molecule has 4 nitrogen and oxygen atoms in total. The van der Waals surface area contributed by atoms with Crippen LogP contribution in [0.1, 0.15) is 23.5 Å². The molecule has 2 aromatic rings. The van der Waals surface area contributed by atoms with E-state index in [-0.39, 0.29) is 11.8 Å². The Morgan fingerprint density at radius 3 is 2.68 bits per heavy atom. The molecule has 1 aromatic carbocycles. The number of hydrogen-bond donors (Lipinski definition) is 2. The second-order valence-corrected chi connectivity index (χ2v) is 4.83. The summed E-state index contributed by atoms with van der Waals surface area (Å²) in [5.74, 6) is 0.544. The Kier molecular flexibility index (Phi) is 2.69. The molecule has 1 aliphatic rings. The molecule has 1 saturated carbocycles. The summed E-state index contributed by atoms with van der Waals surface area (Å²) in [5.41, 5.74) is 8.67. The highest BCUT2D eigenvalue weighted by molar-refractivity contribution is 5.68. The van der Waals surface area contributed by atoms with Crippen LogP contribution >= 0.6 is 0 Å². The fourth-order valence-corrected chi connectivity index (χ4v) is 2.19. The first kappa shape index (κ1) is 11.7. The van der Waals surface area contributed by atoms with Crippen molar-refractivity contribution >= 4 is 0 Å². The average Bonchev–Trinajstić information content (AvgIpc) is 3.17. The van der Waals surface area contributed by atoms with Gasteiger partial charge < -0.3 is 10.8 Å². The summed E-state index contributed by atoms with van der Waals surface area (Å²) in [6, 6.07) is 10.9. The summed E-state index contributed by atoms with van der Waals surface area (Å²) in [6.07, 6.45) is 2.81. The molecule has 1 fully saturated rings. The highest BCUT2D eigenvalue weighted by Crippen LogP contribution is 2.39. The molecule has 0 amide bonds. The molecular weight excluding hydrogens is 238 g/mol. The number of aromatic hydroxyl groups is 1. The molecule has 1 heterocycles. The van der Waals surface area contributed by atoms with Gasteiger partial charge in [-0.2, -0.15) is 5.26 Å². The van der Waals surface area contributed by atoms with E-state index in [9.17, 15) is 5.11 Å². The third kappa shape index (κ3) is 2.16. The van der Waals surface area contributed by atoms with E-state index in [0.29, 0.717) is 22.7 Å². The Balaban J connectivity index is 1.96. The van der Waals surface area contributed by atoms with E-state index in [4.69, 9.17) is 11.0 Å². The minimum atomic E-state index is 0.127. The molecule has 94 valence electrons. The maximum Gasteiger partial charge on any atom is 0.125 e. The van der Waals surface area contributed by atoms with Crippen LogP contribution in [-0.2, 0) is 0 Å². The van der Waals surface area contributed by atoms with Crippen molar-refractivity contribution in [3.8, 4) is 23.1 Å². The number of nitrogens with two attached hydrogens (primary N) is 1. The number of rotatable bonds is 2. The number of nitrogens with zero attached hydrogens (tertiary/aromatic N) is 2. The fourth-order valence-electron chi connectivity index (χ4n) is 2.19. The van der Waals surface area contributed by atoms with Crippen molar-refractivity contribution in [3.05, 3.63) is 47.7 Å². The Labute approximate surface area is 111 Å². The van der Waals surface area contributed by atoms with Gasteiger partial charge in [-0.1, -0.05) is 6.07 Å². The number of phenols is 1. The highest BCUT2D eigenvalue weighted by atomic mass is 16.3. The molecule has 0 spiro atoms. The molecule has 0 bridgehead atoms. The molecular formula is C15H13N3O. The lowest BCUT2D eigenvalue weighted by molar-refractivity contribution is 0.477. The molecule has 0 unspecified atom stereocenters. The maximum absolute atomic E-state index is 9.85. The topological polar surface area (TPSA) is 82.9 Å². The molecule has 3 N–H and O–H groups in total. The number of benzene rings is 1. The van der Waals surface area contributed by atoms with Gasteiger partial charge >= 0.3 is 0 Å². The normalized spacial score (nSPS) is 20.8. The van der Waals surface area contributed by atoms with Gasteiger partial charge in [-0.25, -0.2) is 0 Å². The molecule has 0 saturated heterocycles. The van der Waals surface area contributed by atoms with Gasteiger partial charge in [0.1, 0.15) is 5.75 Å². The molecule has 19 heavy (non-hydrogen) atoms. The van der Waals surface area contributed by atoms with E-state index in [0.717, 1.165) is 12.0 Å². The summed E-state index contributed by atoms with van der Waals surface area (Å²) in [7, 11) is 0. The quantitative estimate of drug-likeness (QED) is 0.856. The molecule has 2 atom stereocenters. The number of hydrogen-bond acceptors (Lipinski definition) is 4. The summed E-state index contributed by atoms with van der Waals surface area (Å²) < 4.78 is 0. The Morgan fingerprint density at radius 1 is 1.32 bits per heavy atom. The zero-order valence-corrected chi connectivity index (χ0v) is 10.2. The Bertz CT molecular complexity index is 658. The van der Waals surface area contributed by atoms with Crippen molar-refractivity contribution in [2.75, 3.05) is 0 Å². The van der Waals surface area contributed by atoms with Crippen LogP contribution in [0.15, 0.2) is 36.5 Å². The predicted molar refractivity (Wildman–Crippen MR) is 71.4 cm³/mol. The van der Waals surface area contributed by atoms with Crippen LogP contribution < -0.4 is 5.73 Å². The van der Waals surface area contributed by atoms with E-state index in [2.05, 4.69) is 11.1 Å². The summed E-state index contributed by atoms with van der Waals surface area (Å²) in [6.45, 7) is 0. The van der Waals surface area contributed by atoms with Crippen LogP contribution in [0.4, 0.5) is 0 Å². The van der Waals surface area contributed by atoms with Gasteiger partial charge in [0, 0.05) is 23.7 Å². The maximum atomic E-state index is 9.85. The first-order valence-corrected chi connectivity index (χ1v) is 6.14. The minimum Gasteiger partial charge on any atom is -0.507 e. The van der Waals surface area contributed by atoms with Crippen LogP contribution in [0.25, 0.3) is 11.3 Å². The second-order valence-electron chi connectivity index (χ2n) is 4.83. The average molecular weight is 251 g/mol. The van der Waals surface area contributed by atoms with Crippen molar-refractivity contribution in [1.29, 1.82) is 5.26 Å². The van der Waals surface area contributed by atoms with Crippen LogP contribution in [-0.4, -0.2) is 16.1 Å². The van der Waals surface area contributed by atoms with Crippen LogP contribution in [0.5, 0.6) is 5.75 Å². The van der Waals surface area contributed by atoms with E-state index >= 15 is 0 Å². The smallest absolute Gasteiger partial charge is 0.125 e. The SMILES string of the molecule is N#Cc1ccc(O)c(-c2ccc([C@H]3C[C@@H]3N)cn2)c1. The number of pyridine rings is 1. The van der Waals surface area contributed by atoms with E-state index in [1.807, 2.05) is 12.1 Å². The lowest BCUT2D eigenvalue weighted by Crippen LogP contribution is -2.01. The highest BCUT2D eigenvalue weighted by Gasteiger charge is 2.34. The first-order valence-electron chi connectivity index (χ1n) is 6.14. The minimum absolute atomic E-state index is 0.127. The summed E-state index contributed by atoms with van der Waals surface area (Å²) in [4.78, 5) is 4.36. The van der Waals surface area contributed by atoms with Gasteiger partial charge in [0.2, 0.25) is 0 Å². The summed E-state index contributed by atoms with van der Waals surface area (Å²) >= 11 is 0. The molecule has 1 aliphatic carbocycles. The van der Waals surface area contributed by atoms with Crippen molar-refractivity contribution in [3.63, 3.8) is 0 Å². The van der Waals surface area contributed by atoms with Gasteiger partial charge in [-0.05, 0) is 36.2 Å². The monoisotopic (exact) mass is 251 g/mol. The fraction of sp³-hybridized carbons (Fsp3) is 0.200. The molecule has 1 aromatic heterocycles. The number of aromatic nitrogens is 1. The molecule has 0 aliphatic heterocycles. The standard InChI is InChI=1S/C15H13N3O/c16-7-9-1-4-15(19)12(5-9)14-3-2-10(8-18-14)11-6-13(11)17/h1-5,8,11,13,19H,6,17H2/t11-,13+/m1/s1. The Hall–Kier alpha value is -2.38. The lowest BCUT2D eigenvalue weighted by Gasteiger charge is -2.05. The van der Waals surface area contributed by atoms with Gasteiger partial charge in [0.25, 0.3) is 0 Å². The van der Waals surface area contributed by atoms with Gasteiger partial charge in [-0.15, -0.1) is 0 Å². The van der Waals surface area contributed by atoms with Crippen LogP contribution in [0.2, 0.25) is 0 Å². The van der Waals surface area contributed by atoms with Gasteiger partial charge in [-0.3, -0.25) is 4.98 Å². The van der Waals surface area contributed by atoms with E-state index in [1.165, 1.54) is 6.07 Å². The van der Waals surface area contributed by atoms with Crippen molar-refractivity contribution in [1.82, 2.24) is 4.98 Å². The van der Waals surface area contributed by atoms with Crippen molar-refractivity contribution in [2.45, 2.75) is 18.4 Å². The van der Waals surface area contributed by atoms with E-state index < -0.39 is 0 Å². The molecule has 3 rings (SSSR count). The third-order valence-corrected chi connectivity index (χ3v) is 3.46. The van der Waals surface area contributed by atoms with Gasteiger partial charge in [0.05, 0.1) is 17.3 Å². The van der Waals surface area contributed by atoms with Crippen LogP contribution in [0, 0.1) is 11.3 Å². The van der Waals surface area contributed by atoms with Crippen LogP contribution in [0.3, 0.4) is 0 Å². The zero-order valence-electron chi connectivity index (χ0n) is 10.2. The second kappa shape index (κ2) is 4.38. The number of nitriles is 1. The summed E-state index contributed by atoms with van der Waals surface area (Å²) in [5, 5.41) is 18.7. The van der Waals surface area contributed by atoms with Gasteiger partial charge in [0.15, 0.2) is 0 Å². The molecule has 0 radical (unpaired) electrons. The lowest BCUT2D eigenvalue weighted by atomic mass is 10.1. The van der Waals surface area contributed by atoms with Crippen molar-refractivity contribution in [2.24, 2.45) is 5.73 Å². The largest absolute Gasteiger partial charge is 0.507 e. The first-order chi connectivity index (χ1) is 9.19.